The van der Waals surface area contributed by atoms with Crippen LogP contribution in [0.1, 0.15) is 29.5 Å². The van der Waals surface area contributed by atoms with Crippen molar-refractivity contribution in [1.29, 1.82) is 0 Å². The van der Waals surface area contributed by atoms with Gasteiger partial charge in [-0.1, -0.05) is 91.0 Å². The van der Waals surface area contributed by atoms with E-state index in [9.17, 15) is 19.2 Å². The normalized spacial score (nSPS) is 14.4. The summed E-state index contributed by atoms with van der Waals surface area (Å²) in [6.07, 6.45) is 1.38. The van der Waals surface area contributed by atoms with Crippen LogP contribution in [-0.2, 0) is 28.7 Å². The zero-order valence-electron chi connectivity index (χ0n) is 21.6. The summed E-state index contributed by atoms with van der Waals surface area (Å²) in [5.74, 6) is -1.28. The molecule has 0 heterocycles. The number of carbonyl (C=O) groups is 4. The first kappa shape index (κ1) is 27.9. The minimum atomic E-state index is -1.10. The van der Waals surface area contributed by atoms with Gasteiger partial charge in [0.25, 0.3) is 0 Å². The van der Waals surface area contributed by atoms with Crippen molar-refractivity contribution in [3.63, 3.8) is 0 Å². The summed E-state index contributed by atoms with van der Waals surface area (Å²) >= 11 is 1.53. The van der Waals surface area contributed by atoms with Crippen molar-refractivity contribution in [3.05, 3.63) is 108 Å². The Morgan fingerprint density at radius 1 is 0.897 bits per heavy atom. The standard InChI is InChI=1S/C30H31N3O5S/c1-38-26(35)19-31-28(37)29(17-18-29)33-27(36)25(32-21-34)20-39-30(22-11-5-2-6-12-22,23-13-7-3-8-14-23)24-15-9-4-10-16-24/h2-16,21,25H,17-20H2,1H3,(H,31,37)(H,32,34)(H,33,36)/t25-/m1/s1. The maximum atomic E-state index is 13.4. The summed E-state index contributed by atoms with van der Waals surface area (Å²) in [7, 11) is 1.23. The Kier molecular flexibility index (Phi) is 9.03. The van der Waals surface area contributed by atoms with Gasteiger partial charge in [-0.05, 0) is 29.5 Å². The number of carbonyl (C=O) groups excluding carboxylic acids is 4. The van der Waals surface area contributed by atoms with Gasteiger partial charge in [0.2, 0.25) is 18.2 Å². The lowest BCUT2D eigenvalue weighted by Gasteiger charge is -2.36. The van der Waals surface area contributed by atoms with Crippen LogP contribution in [0, 0.1) is 0 Å². The molecular weight excluding hydrogens is 514 g/mol. The average Bonchev–Trinajstić information content (AvgIpc) is 3.77. The second-order valence-electron chi connectivity index (χ2n) is 9.26. The fraction of sp³-hybridized carbons (Fsp3) is 0.267. The van der Waals surface area contributed by atoms with Crippen LogP contribution in [0.5, 0.6) is 0 Å². The van der Waals surface area contributed by atoms with Crippen LogP contribution >= 0.6 is 11.8 Å². The molecule has 39 heavy (non-hydrogen) atoms. The molecule has 3 N–H and O–H groups in total. The van der Waals surface area contributed by atoms with Crippen LogP contribution in [0.2, 0.25) is 0 Å². The molecule has 1 aliphatic carbocycles. The van der Waals surface area contributed by atoms with E-state index in [-0.39, 0.29) is 12.3 Å². The van der Waals surface area contributed by atoms with Crippen molar-refractivity contribution in [3.8, 4) is 0 Å². The van der Waals surface area contributed by atoms with E-state index in [4.69, 9.17) is 0 Å². The predicted octanol–water partition coefficient (Wildman–Crippen LogP) is 2.76. The Labute approximate surface area is 231 Å². The maximum absolute atomic E-state index is 13.4. The SMILES string of the molecule is COC(=O)CNC(=O)C1(NC(=O)[C@@H](CSC(c2ccccc2)(c2ccccc2)c2ccccc2)NC=O)CC1. The maximum Gasteiger partial charge on any atom is 0.325 e. The monoisotopic (exact) mass is 545 g/mol. The lowest BCUT2D eigenvalue weighted by Crippen LogP contribution is -2.55. The van der Waals surface area contributed by atoms with Crippen LogP contribution in [0.15, 0.2) is 91.0 Å². The minimum absolute atomic E-state index is 0.225. The highest BCUT2D eigenvalue weighted by atomic mass is 32.2. The molecule has 1 aliphatic rings. The van der Waals surface area contributed by atoms with Crippen LogP contribution in [0.4, 0.5) is 0 Å². The molecule has 3 amide bonds. The first-order valence-electron chi connectivity index (χ1n) is 12.6. The van der Waals surface area contributed by atoms with Crippen molar-refractivity contribution >= 4 is 36.0 Å². The summed E-state index contributed by atoms with van der Waals surface area (Å²) in [4.78, 5) is 49.1. The Hall–Kier alpha value is -4.11. The highest BCUT2D eigenvalue weighted by Crippen LogP contribution is 2.48. The first-order valence-corrected chi connectivity index (χ1v) is 13.6. The van der Waals surface area contributed by atoms with Gasteiger partial charge in [0, 0.05) is 5.75 Å². The largest absolute Gasteiger partial charge is 0.468 e. The molecular formula is C30H31N3O5S. The highest BCUT2D eigenvalue weighted by Gasteiger charge is 2.52. The number of methoxy groups -OCH3 is 1. The van der Waals surface area contributed by atoms with E-state index in [0.29, 0.717) is 19.3 Å². The number of nitrogens with one attached hydrogen (secondary N) is 3. The second-order valence-corrected chi connectivity index (χ2v) is 10.5. The summed E-state index contributed by atoms with van der Waals surface area (Å²) in [6, 6.07) is 29.2. The van der Waals surface area contributed by atoms with Gasteiger partial charge in [0.05, 0.1) is 11.9 Å². The average molecular weight is 546 g/mol. The second kappa shape index (κ2) is 12.6. The van der Waals surface area contributed by atoms with Crippen LogP contribution < -0.4 is 16.0 Å². The van der Waals surface area contributed by atoms with Gasteiger partial charge in [-0.3, -0.25) is 19.2 Å². The zero-order valence-corrected chi connectivity index (χ0v) is 22.4. The molecule has 1 saturated carbocycles. The molecule has 202 valence electrons. The van der Waals surface area contributed by atoms with Gasteiger partial charge in [-0.2, -0.15) is 0 Å². The summed E-state index contributed by atoms with van der Waals surface area (Å²) in [5, 5.41) is 7.96. The predicted molar refractivity (Wildman–Crippen MR) is 150 cm³/mol. The van der Waals surface area contributed by atoms with Gasteiger partial charge in [-0.25, -0.2) is 0 Å². The molecule has 0 unspecified atom stereocenters. The molecule has 3 aromatic carbocycles. The Bertz CT molecular complexity index is 1190. The molecule has 4 rings (SSSR count). The van der Waals surface area contributed by atoms with Gasteiger partial charge >= 0.3 is 5.97 Å². The molecule has 1 fully saturated rings. The lowest BCUT2D eigenvalue weighted by molar-refractivity contribution is -0.141. The van der Waals surface area contributed by atoms with Crippen molar-refractivity contribution in [2.75, 3.05) is 19.4 Å². The molecule has 1 atom stereocenters. The summed E-state index contributed by atoms with van der Waals surface area (Å²) < 4.78 is 3.89. The molecule has 0 spiro atoms. The molecule has 8 nitrogen and oxygen atoms in total. The molecule has 0 bridgehead atoms. The van der Waals surface area contributed by atoms with Crippen LogP contribution in [0.3, 0.4) is 0 Å². The smallest absolute Gasteiger partial charge is 0.325 e. The van der Waals surface area contributed by atoms with Gasteiger partial charge < -0.3 is 20.7 Å². The zero-order chi connectivity index (χ0) is 27.7. The summed E-state index contributed by atoms with van der Waals surface area (Å²) in [5.41, 5.74) is 1.98. The first-order chi connectivity index (χ1) is 18.9. The molecule has 0 aromatic heterocycles. The van der Waals surface area contributed by atoms with Crippen molar-refractivity contribution in [1.82, 2.24) is 16.0 Å². The number of ether oxygens (including phenoxy) is 1. The topological polar surface area (TPSA) is 114 Å². The molecule has 0 aliphatic heterocycles. The third kappa shape index (κ3) is 6.31. The Morgan fingerprint density at radius 2 is 1.38 bits per heavy atom. The third-order valence-corrected chi connectivity index (χ3v) is 8.40. The Balaban J connectivity index is 1.61. The quantitative estimate of drug-likeness (QED) is 0.173. The minimum Gasteiger partial charge on any atom is -0.468 e. The van der Waals surface area contributed by atoms with E-state index in [1.807, 2.05) is 54.6 Å². The highest BCUT2D eigenvalue weighted by molar-refractivity contribution is 8.00. The van der Waals surface area contributed by atoms with Crippen molar-refractivity contribution in [2.45, 2.75) is 29.2 Å². The van der Waals surface area contributed by atoms with E-state index < -0.39 is 34.1 Å². The number of esters is 1. The fourth-order valence-electron chi connectivity index (χ4n) is 4.51. The van der Waals surface area contributed by atoms with Crippen molar-refractivity contribution in [2.24, 2.45) is 0 Å². The molecule has 3 aromatic rings. The number of hydrogen-bond acceptors (Lipinski definition) is 6. The number of hydrogen-bond donors (Lipinski definition) is 3. The van der Waals surface area contributed by atoms with E-state index in [0.717, 1.165) is 16.7 Å². The van der Waals surface area contributed by atoms with Gasteiger partial charge in [-0.15, -0.1) is 11.8 Å². The number of thioether (sulfide) groups is 1. The number of benzene rings is 3. The van der Waals surface area contributed by atoms with E-state index in [1.165, 1.54) is 18.9 Å². The number of amides is 3. The molecule has 0 saturated heterocycles. The van der Waals surface area contributed by atoms with E-state index >= 15 is 0 Å². The number of rotatable bonds is 13. The molecule has 9 heteroatoms. The van der Waals surface area contributed by atoms with E-state index in [1.54, 1.807) is 0 Å². The third-order valence-electron chi connectivity index (χ3n) is 6.76. The molecule has 0 radical (unpaired) electrons. The van der Waals surface area contributed by atoms with Crippen LogP contribution in [-0.4, -0.2) is 55.2 Å². The van der Waals surface area contributed by atoms with Gasteiger partial charge in [0.1, 0.15) is 18.1 Å². The van der Waals surface area contributed by atoms with E-state index in [2.05, 4.69) is 57.1 Å². The fourth-order valence-corrected chi connectivity index (χ4v) is 6.08. The van der Waals surface area contributed by atoms with Gasteiger partial charge in [0.15, 0.2) is 0 Å². The van der Waals surface area contributed by atoms with Crippen molar-refractivity contribution < 1.29 is 23.9 Å². The Morgan fingerprint density at radius 3 is 1.79 bits per heavy atom. The summed E-state index contributed by atoms with van der Waals surface area (Å²) in [6.45, 7) is -0.285. The van der Waals surface area contributed by atoms with Crippen LogP contribution in [0.25, 0.3) is 0 Å². The lowest BCUT2D eigenvalue weighted by atomic mass is 9.84.